The first kappa shape index (κ1) is 18.0. The maximum Gasteiger partial charge on any atom is 0.293 e. The minimum absolute atomic E-state index is 0.0323. The number of aliphatic hydroxyl groups is 1. The average Bonchev–Trinajstić information content (AvgIpc) is 3.11. The van der Waals surface area contributed by atoms with Crippen LogP contribution in [0, 0.1) is 0 Å². The molecule has 2 aliphatic rings. The van der Waals surface area contributed by atoms with Crippen molar-refractivity contribution in [1.82, 2.24) is 10.2 Å². The molecule has 2 heterocycles. The molecule has 8 heteroatoms. The van der Waals surface area contributed by atoms with Crippen LogP contribution in [0.1, 0.15) is 12.0 Å². The molecule has 0 spiro atoms. The molecule has 6 nitrogen and oxygen atoms in total. The molecule has 1 aromatic carbocycles. The van der Waals surface area contributed by atoms with Crippen molar-refractivity contribution in [2.24, 2.45) is 0 Å². The minimum atomic E-state index is -0.542. The summed E-state index contributed by atoms with van der Waals surface area (Å²) in [5, 5.41) is 12.1. The summed E-state index contributed by atoms with van der Waals surface area (Å²) in [6, 6.07) is 9.04. The maximum absolute atomic E-state index is 12.4. The van der Waals surface area contributed by atoms with Gasteiger partial charge in [-0.05, 0) is 23.4 Å². The summed E-state index contributed by atoms with van der Waals surface area (Å²) in [5.74, 6) is 0.646. The lowest BCUT2D eigenvalue weighted by Gasteiger charge is -2.17. The van der Waals surface area contributed by atoms with Crippen molar-refractivity contribution in [2.45, 2.75) is 18.6 Å². The molecule has 3 amide bonds. The third-order valence-electron chi connectivity index (χ3n) is 3.93. The summed E-state index contributed by atoms with van der Waals surface area (Å²) in [6.45, 7) is 0.0403. The molecule has 0 aromatic heterocycles. The number of carbonyl (C=O) groups excluding carboxylic acids is 3. The summed E-state index contributed by atoms with van der Waals surface area (Å²) in [4.78, 5) is 37.9. The van der Waals surface area contributed by atoms with Crippen molar-refractivity contribution in [3.05, 3.63) is 40.8 Å². The second kappa shape index (κ2) is 8.07. The number of hydrogen-bond acceptors (Lipinski definition) is 6. The molecule has 0 bridgehead atoms. The van der Waals surface area contributed by atoms with E-state index in [2.05, 4.69) is 5.32 Å². The Morgan fingerprint density at radius 1 is 1.28 bits per heavy atom. The van der Waals surface area contributed by atoms with Crippen molar-refractivity contribution in [3.8, 4) is 0 Å². The van der Waals surface area contributed by atoms with Crippen LogP contribution in [0.25, 0.3) is 6.08 Å². The molecule has 0 aliphatic carbocycles. The summed E-state index contributed by atoms with van der Waals surface area (Å²) in [6.07, 6.45) is 1.17. The fraction of sp³-hybridized carbons (Fsp3) is 0.353. The number of amides is 3. The maximum atomic E-state index is 12.4. The van der Waals surface area contributed by atoms with E-state index in [1.165, 1.54) is 0 Å². The van der Waals surface area contributed by atoms with Crippen LogP contribution in [0.4, 0.5) is 4.79 Å². The van der Waals surface area contributed by atoms with Crippen LogP contribution in [0.15, 0.2) is 35.2 Å². The van der Waals surface area contributed by atoms with E-state index in [4.69, 9.17) is 0 Å². The smallest absolute Gasteiger partial charge is 0.293 e. The van der Waals surface area contributed by atoms with E-state index in [-0.39, 0.29) is 36.1 Å². The highest BCUT2D eigenvalue weighted by atomic mass is 32.2. The van der Waals surface area contributed by atoms with Gasteiger partial charge >= 0.3 is 0 Å². The van der Waals surface area contributed by atoms with E-state index in [1.807, 2.05) is 30.3 Å². The highest BCUT2D eigenvalue weighted by Gasteiger charge is 2.35. The van der Waals surface area contributed by atoms with E-state index in [1.54, 1.807) is 17.8 Å². The van der Waals surface area contributed by atoms with Gasteiger partial charge in [-0.1, -0.05) is 30.3 Å². The third kappa shape index (κ3) is 4.45. The number of hydrogen-bond donors (Lipinski definition) is 2. The van der Waals surface area contributed by atoms with Gasteiger partial charge in [0.2, 0.25) is 5.91 Å². The molecule has 0 unspecified atom stereocenters. The van der Waals surface area contributed by atoms with Crippen molar-refractivity contribution in [3.63, 3.8) is 0 Å². The second-order valence-electron chi connectivity index (χ2n) is 5.77. The van der Waals surface area contributed by atoms with Gasteiger partial charge in [-0.2, -0.15) is 11.8 Å². The van der Waals surface area contributed by atoms with Gasteiger partial charge in [0.15, 0.2) is 0 Å². The van der Waals surface area contributed by atoms with Gasteiger partial charge in [-0.25, -0.2) is 0 Å². The fourth-order valence-corrected chi connectivity index (χ4v) is 4.60. The number of rotatable bonds is 5. The number of nitrogens with zero attached hydrogens (tertiary/aromatic N) is 1. The van der Waals surface area contributed by atoms with E-state index < -0.39 is 6.10 Å². The summed E-state index contributed by atoms with van der Waals surface area (Å²) in [5.41, 5.74) is 0.846. The first-order chi connectivity index (χ1) is 12.0. The highest BCUT2D eigenvalue weighted by molar-refractivity contribution is 8.18. The van der Waals surface area contributed by atoms with Crippen molar-refractivity contribution in [2.75, 3.05) is 18.1 Å². The normalized spacial score (nSPS) is 25.0. The second-order valence-corrected chi connectivity index (χ2v) is 7.84. The molecule has 3 rings (SSSR count). The molecular formula is C17H18N2O4S2. The summed E-state index contributed by atoms with van der Waals surface area (Å²) >= 11 is 2.47. The average molecular weight is 378 g/mol. The zero-order chi connectivity index (χ0) is 17.8. The number of thioether (sulfide) groups is 2. The van der Waals surface area contributed by atoms with Gasteiger partial charge in [0.1, 0.15) is 0 Å². The minimum Gasteiger partial charge on any atom is -0.390 e. The van der Waals surface area contributed by atoms with Crippen LogP contribution in [-0.2, 0) is 9.59 Å². The molecule has 2 saturated heterocycles. The largest absolute Gasteiger partial charge is 0.390 e. The Balaban J connectivity index is 1.56. The number of benzene rings is 1. The predicted octanol–water partition coefficient (Wildman–Crippen LogP) is 1.71. The zero-order valence-electron chi connectivity index (χ0n) is 13.4. The summed E-state index contributed by atoms with van der Waals surface area (Å²) in [7, 11) is 0. The molecule has 132 valence electrons. The molecule has 0 saturated carbocycles. The van der Waals surface area contributed by atoms with Gasteiger partial charge in [-0.3, -0.25) is 19.3 Å². The van der Waals surface area contributed by atoms with E-state index >= 15 is 0 Å². The number of imide groups is 1. The zero-order valence-corrected chi connectivity index (χ0v) is 15.0. The SMILES string of the molecule is O=C(CCN1C(=O)S/C(=C/c2ccccc2)C1=O)N[C@@H]1CSC[C@H]1O. The van der Waals surface area contributed by atoms with Crippen LogP contribution < -0.4 is 5.32 Å². The van der Waals surface area contributed by atoms with Gasteiger partial charge in [0.05, 0.1) is 17.1 Å². The van der Waals surface area contributed by atoms with E-state index in [0.29, 0.717) is 16.4 Å². The first-order valence-corrected chi connectivity index (χ1v) is 9.87. The van der Waals surface area contributed by atoms with Crippen LogP contribution in [-0.4, -0.2) is 57.3 Å². The lowest BCUT2D eigenvalue weighted by atomic mass is 10.2. The number of nitrogens with one attached hydrogen (secondary N) is 1. The van der Waals surface area contributed by atoms with E-state index in [9.17, 15) is 19.5 Å². The third-order valence-corrected chi connectivity index (χ3v) is 6.01. The Morgan fingerprint density at radius 3 is 2.72 bits per heavy atom. The number of aliphatic hydroxyl groups excluding tert-OH is 1. The predicted molar refractivity (Wildman–Crippen MR) is 99.0 cm³/mol. The topological polar surface area (TPSA) is 86.7 Å². The van der Waals surface area contributed by atoms with Crippen LogP contribution in [0.3, 0.4) is 0 Å². The van der Waals surface area contributed by atoms with Gasteiger partial charge in [0.25, 0.3) is 11.1 Å². The molecule has 2 N–H and O–H groups in total. The van der Waals surface area contributed by atoms with Crippen LogP contribution in [0.5, 0.6) is 0 Å². The van der Waals surface area contributed by atoms with Crippen LogP contribution in [0.2, 0.25) is 0 Å². The highest BCUT2D eigenvalue weighted by Crippen LogP contribution is 2.32. The Morgan fingerprint density at radius 2 is 2.04 bits per heavy atom. The Kier molecular flexibility index (Phi) is 5.82. The molecule has 2 aliphatic heterocycles. The molecule has 2 fully saturated rings. The molecular weight excluding hydrogens is 360 g/mol. The molecule has 25 heavy (non-hydrogen) atoms. The van der Waals surface area contributed by atoms with Gasteiger partial charge < -0.3 is 10.4 Å². The first-order valence-electron chi connectivity index (χ1n) is 7.90. The Bertz CT molecular complexity index is 708. The molecule has 0 radical (unpaired) electrons. The lowest BCUT2D eigenvalue weighted by Crippen LogP contribution is -2.43. The Labute approximate surface area is 154 Å². The van der Waals surface area contributed by atoms with Crippen molar-refractivity contribution in [1.29, 1.82) is 0 Å². The molecule has 1 aromatic rings. The van der Waals surface area contributed by atoms with Crippen molar-refractivity contribution >= 4 is 46.7 Å². The quantitative estimate of drug-likeness (QED) is 0.759. The lowest BCUT2D eigenvalue weighted by molar-refractivity contribution is -0.124. The van der Waals surface area contributed by atoms with E-state index in [0.717, 1.165) is 22.2 Å². The van der Waals surface area contributed by atoms with Gasteiger partial charge in [0, 0.05) is 24.5 Å². The molecule has 2 atom stereocenters. The fourth-order valence-electron chi connectivity index (χ4n) is 2.57. The van der Waals surface area contributed by atoms with Crippen molar-refractivity contribution < 1.29 is 19.5 Å². The standard InChI is InChI=1S/C17H18N2O4S2/c20-13-10-24-9-12(13)18-15(21)6-7-19-16(22)14(25-17(19)23)8-11-4-2-1-3-5-11/h1-5,8,12-13,20H,6-7,9-10H2,(H,18,21)/b14-8+/t12-,13-/m1/s1. The number of carbonyl (C=O) groups is 3. The monoisotopic (exact) mass is 378 g/mol. The van der Waals surface area contributed by atoms with Crippen LogP contribution >= 0.6 is 23.5 Å². The summed E-state index contributed by atoms with van der Waals surface area (Å²) < 4.78 is 0. The van der Waals surface area contributed by atoms with Gasteiger partial charge in [-0.15, -0.1) is 0 Å². The Hall–Kier alpha value is -1.77.